The van der Waals surface area contributed by atoms with E-state index in [0.717, 1.165) is 39.5 Å². The Morgan fingerprint density at radius 3 is 2.53 bits per heavy atom. The van der Waals surface area contributed by atoms with Gasteiger partial charge in [-0.15, -0.1) is 0 Å². The van der Waals surface area contributed by atoms with E-state index < -0.39 is 9.84 Å². The minimum atomic E-state index is -3.31. The third kappa shape index (κ3) is 3.63. The summed E-state index contributed by atoms with van der Waals surface area (Å²) in [5.74, 6) is 0.0500. The Morgan fingerprint density at radius 1 is 1.10 bits per heavy atom. The van der Waals surface area contributed by atoms with E-state index in [9.17, 15) is 13.2 Å². The summed E-state index contributed by atoms with van der Waals surface area (Å²) in [5, 5.41) is 4.46. The number of carbonyl (C=O) groups is 1. The first-order valence-electron chi connectivity index (χ1n) is 9.74. The van der Waals surface area contributed by atoms with E-state index in [1.807, 2.05) is 37.7 Å². The summed E-state index contributed by atoms with van der Waals surface area (Å²) in [7, 11) is -1.42. The van der Waals surface area contributed by atoms with Crippen molar-refractivity contribution in [1.29, 1.82) is 0 Å². The maximum atomic E-state index is 12.8. The average molecular weight is 425 g/mol. The molecule has 0 unspecified atom stereocenters. The lowest BCUT2D eigenvalue weighted by atomic mass is 10.0. The number of hydrogen-bond donors (Lipinski definition) is 0. The third-order valence-electron chi connectivity index (χ3n) is 5.69. The van der Waals surface area contributed by atoms with Crippen molar-refractivity contribution in [2.24, 2.45) is 7.05 Å². The van der Waals surface area contributed by atoms with Gasteiger partial charge in [-0.05, 0) is 37.6 Å². The molecular weight excluding hydrogens is 400 g/mol. The first-order chi connectivity index (χ1) is 14.1. The van der Waals surface area contributed by atoms with E-state index >= 15 is 0 Å². The van der Waals surface area contributed by atoms with Gasteiger partial charge in [0.1, 0.15) is 0 Å². The highest BCUT2D eigenvalue weighted by atomic mass is 32.2. The number of anilines is 1. The van der Waals surface area contributed by atoms with E-state index in [1.165, 1.54) is 6.26 Å². The molecule has 0 N–H and O–H groups in total. The maximum Gasteiger partial charge on any atom is 0.227 e. The molecule has 7 nitrogen and oxygen atoms in total. The summed E-state index contributed by atoms with van der Waals surface area (Å²) in [6, 6.07) is 8.72. The van der Waals surface area contributed by atoms with Crippen molar-refractivity contribution in [2.75, 3.05) is 11.2 Å². The number of rotatable bonds is 4. The standard InChI is InChI=1S/C22H24N4O3S/c1-14-19(15(2)25(3)24-14)13-26-21-11-17(12-23-20(21)8-9-22(26)27)16-6-5-7-18(10-16)30(4,28)29/h5-7,10-12H,8-9,13H2,1-4H3. The Hall–Kier alpha value is -3.00. The second-order valence-electron chi connectivity index (χ2n) is 7.74. The van der Waals surface area contributed by atoms with Crippen molar-refractivity contribution in [1.82, 2.24) is 14.8 Å². The van der Waals surface area contributed by atoms with Gasteiger partial charge in [-0.2, -0.15) is 5.10 Å². The SMILES string of the molecule is Cc1nn(C)c(C)c1CN1C(=O)CCc2ncc(-c3cccc(S(C)(=O)=O)c3)cc21. The van der Waals surface area contributed by atoms with Crippen LogP contribution in [-0.4, -0.2) is 35.3 Å². The second-order valence-corrected chi connectivity index (χ2v) is 9.76. The van der Waals surface area contributed by atoms with Crippen LogP contribution in [0.1, 0.15) is 29.1 Å². The van der Waals surface area contributed by atoms with Crippen molar-refractivity contribution in [2.45, 2.75) is 38.1 Å². The molecule has 0 aliphatic carbocycles. The van der Waals surface area contributed by atoms with Gasteiger partial charge in [0, 0.05) is 49.2 Å². The molecule has 3 heterocycles. The summed E-state index contributed by atoms with van der Waals surface area (Å²) >= 11 is 0. The number of amides is 1. The monoisotopic (exact) mass is 424 g/mol. The molecule has 0 atom stereocenters. The minimum absolute atomic E-state index is 0.0500. The van der Waals surface area contributed by atoms with Gasteiger partial charge in [-0.25, -0.2) is 8.42 Å². The Bertz CT molecular complexity index is 1260. The number of aryl methyl sites for hydroxylation is 3. The Labute approximate surface area is 176 Å². The molecule has 1 aromatic carbocycles. The van der Waals surface area contributed by atoms with Gasteiger partial charge in [0.15, 0.2) is 9.84 Å². The summed E-state index contributed by atoms with van der Waals surface area (Å²) in [5.41, 5.74) is 6.13. The predicted octanol–water partition coefficient (Wildman–Crippen LogP) is 2.98. The Balaban J connectivity index is 1.77. The van der Waals surface area contributed by atoms with Crippen LogP contribution < -0.4 is 4.90 Å². The van der Waals surface area contributed by atoms with Crippen molar-refractivity contribution >= 4 is 21.4 Å². The summed E-state index contributed by atoms with van der Waals surface area (Å²) in [6.45, 7) is 4.38. The zero-order valence-electron chi connectivity index (χ0n) is 17.5. The molecule has 0 radical (unpaired) electrons. The number of aromatic nitrogens is 3. The van der Waals surface area contributed by atoms with Crippen molar-refractivity contribution in [3.8, 4) is 11.1 Å². The summed E-state index contributed by atoms with van der Waals surface area (Å²) in [6.07, 6.45) is 3.95. The first kappa shape index (κ1) is 20.3. The lowest BCUT2D eigenvalue weighted by Gasteiger charge is -2.29. The van der Waals surface area contributed by atoms with Crippen LogP contribution in [0.4, 0.5) is 5.69 Å². The zero-order chi connectivity index (χ0) is 21.6. The van der Waals surface area contributed by atoms with Crippen molar-refractivity contribution in [3.63, 3.8) is 0 Å². The topological polar surface area (TPSA) is 85.2 Å². The molecule has 0 saturated carbocycles. The summed E-state index contributed by atoms with van der Waals surface area (Å²) in [4.78, 5) is 19.4. The molecule has 156 valence electrons. The van der Waals surface area contributed by atoms with E-state index in [0.29, 0.717) is 19.4 Å². The highest BCUT2D eigenvalue weighted by molar-refractivity contribution is 7.90. The van der Waals surface area contributed by atoms with Gasteiger partial charge >= 0.3 is 0 Å². The van der Waals surface area contributed by atoms with Crippen LogP contribution in [0.25, 0.3) is 11.1 Å². The van der Waals surface area contributed by atoms with Crippen LogP contribution in [0, 0.1) is 13.8 Å². The quantitative estimate of drug-likeness (QED) is 0.643. The maximum absolute atomic E-state index is 12.8. The lowest BCUT2D eigenvalue weighted by molar-refractivity contribution is -0.119. The Kier molecular flexibility index (Phi) is 4.97. The van der Waals surface area contributed by atoms with Gasteiger partial charge in [-0.1, -0.05) is 12.1 Å². The van der Waals surface area contributed by atoms with Crippen LogP contribution in [-0.2, 0) is 34.6 Å². The van der Waals surface area contributed by atoms with Crippen LogP contribution in [0.15, 0.2) is 41.4 Å². The highest BCUT2D eigenvalue weighted by Crippen LogP contribution is 2.33. The molecular formula is C22H24N4O3S. The van der Waals surface area contributed by atoms with Crippen LogP contribution in [0.2, 0.25) is 0 Å². The van der Waals surface area contributed by atoms with E-state index in [2.05, 4.69) is 10.1 Å². The molecule has 0 fully saturated rings. The molecule has 30 heavy (non-hydrogen) atoms. The van der Waals surface area contributed by atoms with Gasteiger partial charge in [0.05, 0.1) is 28.5 Å². The molecule has 0 spiro atoms. The largest absolute Gasteiger partial charge is 0.306 e. The second kappa shape index (κ2) is 7.36. The molecule has 1 aliphatic heterocycles. The number of nitrogens with zero attached hydrogens (tertiary/aromatic N) is 4. The molecule has 4 rings (SSSR count). The molecule has 8 heteroatoms. The number of sulfone groups is 1. The third-order valence-corrected chi connectivity index (χ3v) is 6.80. The van der Waals surface area contributed by atoms with Crippen molar-refractivity contribution in [3.05, 3.63) is 59.2 Å². The normalized spacial score (nSPS) is 14.1. The first-order valence-corrected chi connectivity index (χ1v) is 11.6. The van der Waals surface area contributed by atoms with Gasteiger partial charge in [0.25, 0.3) is 0 Å². The van der Waals surface area contributed by atoms with Gasteiger partial charge in [-0.3, -0.25) is 14.5 Å². The van der Waals surface area contributed by atoms with Gasteiger partial charge < -0.3 is 4.90 Å². The van der Waals surface area contributed by atoms with Crippen LogP contribution in [0.5, 0.6) is 0 Å². The fourth-order valence-corrected chi connectivity index (χ4v) is 4.51. The van der Waals surface area contributed by atoms with Crippen LogP contribution in [0.3, 0.4) is 0 Å². The van der Waals surface area contributed by atoms with Crippen LogP contribution >= 0.6 is 0 Å². The van der Waals surface area contributed by atoms with Gasteiger partial charge in [0.2, 0.25) is 5.91 Å². The molecule has 1 aliphatic rings. The molecule has 0 bridgehead atoms. The smallest absolute Gasteiger partial charge is 0.227 e. The highest BCUT2D eigenvalue weighted by Gasteiger charge is 2.27. The fraction of sp³-hybridized carbons (Fsp3) is 0.318. The number of hydrogen-bond acceptors (Lipinski definition) is 5. The van der Waals surface area contributed by atoms with Crippen molar-refractivity contribution < 1.29 is 13.2 Å². The summed E-state index contributed by atoms with van der Waals surface area (Å²) < 4.78 is 25.7. The fourth-order valence-electron chi connectivity index (χ4n) is 3.84. The molecule has 1 amide bonds. The number of pyridine rings is 1. The van der Waals surface area contributed by atoms with E-state index in [4.69, 9.17) is 0 Å². The molecule has 3 aromatic rings. The Morgan fingerprint density at radius 2 is 1.87 bits per heavy atom. The zero-order valence-corrected chi connectivity index (χ0v) is 18.3. The molecule has 2 aromatic heterocycles. The predicted molar refractivity (Wildman–Crippen MR) is 115 cm³/mol. The molecule has 0 saturated heterocycles. The minimum Gasteiger partial charge on any atom is -0.306 e. The van der Waals surface area contributed by atoms with E-state index in [1.54, 1.807) is 29.3 Å². The average Bonchev–Trinajstić information content (AvgIpc) is 2.95. The van der Waals surface area contributed by atoms with E-state index in [-0.39, 0.29) is 10.8 Å². The number of fused-ring (bicyclic) bond motifs is 1. The lowest BCUT2D eigenvalue weighted by Crippen LogP contribution is -2.35. The number of benzene rings is 1. The number of carbonyl (C=O) groups excluding carboxylic acids is 1.